The van der Waals surface area contributed by atoms with Crippen LogP contribution in [0.15, 0.2) is 48.0 Å². The van der Waals surface area contributed by atoms with Gasteiger partial charge >= 0.3 is 0 Å². The first-order valence-corrected chi connectivity index (χ1v) is 10.00. The molecule has 3 heterocycles. The minimum absolute atomic E-state index is 0.129. The minimum Gasteiger partial charge on any atom is -0.488 e. The predicted molar refractivity (Wildman–Crippen MR) is 107 cm³/mol. The second-order valence-electron chi connectivity index (χ2n) is 7.54. The van der Waals surface area contributed by atoms with Gasteiger partial charge in [0, 0.05) is 38.4 Å². The molecule has 2 aliphatic heterocycles. The van der Waals surface area contributed by atoms with E-state index in [2.05, 4.69) is 51.9 Å². The third-order valence-electron chi connectivity index (χ3n) is 5.62. The Hall–Kier alpha value is -2.50. The first kappa shape index (κ1) is 17.9. The molecule has 6 nitrogen and oxygen atoms in total. The van der Waals surface area contributed by atoms with E-state index in [-0.39, 0.29) is 6.10 Å². The monoisotopic (exact) mass is 367 g/mol. The number of imidazole rings is 1. The topological polar surface area (TPSA) is 54.7 Å². The Bertz CT molecular complexity index is 748. The van der Waals surface area contributed by atoms with E-state index >= 15 is 0 Å². The van der Waals surface area contributed by atoms with Gasteiger partial charge in [-0.15, -0.1) is 0 Å². The molecule has 1 aromatic heterocycles. The van der Waals surface area contributed by atoms with Crippen molar-refractivity contribution in [3.63, 3.8) is 0 Å². The Morgan fingerprint density at radius 2 is 2.26 bits per heavy atom. The highest BCUT2D eigenvalue weighted by Crippen LogP contribution is 2.29. The third kappa shape index (κ3) is 3.94. The lowest BCUT2D eigenvalue weighted by Gasteiger charge is -2.39. The van der Waals surface area contributed by atoms with Gasteiger partial charge in [0.25, 0.3) is 0 Å². The van der Waals surface area contributed by atoms with E-state index in [0.29, 0.717) is 18.5 Å². The third-order valence-corrected chi connectivity index (χ3v) is 5.62. The van der Waals surface area contributed by atoms with Gasteiger partial charge in [-0.05, 0) is 30.9 Å². The van der Waals surface area contributed by atoms with Crippen LogP contribution in [0.3, 0.4) is 0 Å². The van der Waals surface area contributed by atoms with E-state index in [1.54, 1.807) is 0 Å². The number of ether oxygens (including phenoxy) is 1. The van der Waals surface area contributed by atoms with Crippen molar-refractivity contribution in [2.75, 3.05) is 26.2 Å². The average Bonchev–Trinajstić information content (AvgIpc) is 3.35. The molecular formula is C21H29N5O. The Labute approximate surface area is 161 Å². The molecule has 2 aliphatic rings. The number of hydrogen-bond donors (Lipinski definition) is 1. The van der Waals surface area contributed by atoms with Gasteiger partial charge in [0.2, 0.25) is 0 Å². The van der Waals surface area contributed by atoms with Crippen molar-refractivity contribution < 1.29 is 4.74 Å². The number of nitrogens with zero attached hydrogens (tertiary/aromatic N) is 4. The smallest absolute Gasteiger partial charge is 0.194 e. The number of guanidine groups is 1. The van der Waals surface area contributed by atoms with Gasteiger partial charge in [-0.1, -0.05) is 25.1 Å². The fourth-order valence-electron chi connectivity index (χ4n) is 4.06. The van der Waals surface area contributed by atoms with E-state index in [1.807, 2.05) is 24.7 Å². The number of aromatic nitrogens is 2. The number of likely N-dealkylation sites (tertiary alicyclic amines) is 1. The van der Waals surface area contributed by atoms with E-state index in [4.69, 9.17) is 9.73 Å². The molecule has 0 aliphatic carbocycles. The number of rotatable bonds is 4. The number of nitrogens with one attached hydrogen (secondary N) is 1. The quantitative estimate of drug-likeness (QED) is 0.667. The molecule has 1 fully saturated rings. The van der Waals surface area contributed by atoms with Gasteiger partial charge in [-0.3, -0.25) is 0 Å². The number of fused-ring (bicyclic) bond motifs is 1. The molecule has 3 unspecified atom stereocenters. The zero-order valence-corrected chi connectivity index (χ0v) is 16.2. The number of aliphatic imine (C=N–C) groups is 1. The zero-order chi connectivity index (χ0) is 18.6. The van der Waals surface area contributed by atoms with Crippen LogP contribution < -0.4 is 10.1 Å². The van der Waals surface area contributed by atoms with Gasteiger partial charge in [0.1, 0.15) is 11.9 Å². The van der Waals surface area contributed by atoms with Crippen LogP contribution in [0.5, 0.6) is 5.75 Å². The lowest BCUT2D eigenvalue weighted by atomic mass is 9.93. The van der Waals surface area contributed by atoms with Gasteiger partial charge in [0.15, 0.2) is 5.96 Å². The number of hydrogen-bond acceptors (Lipinski definition) is 3. The molecule has 144 valence electrons. The van der Waals surface area contributed by atoms with E-state index in [9.17, 15) is 0 Å². The van der Waals surface area contributed by atoms with Crippen molar-refractivity contribution >= 4 is 5.96 Å². The molecule has 0 spiro atoms. The summed E-state index contributed by atoms with van der Waals surface area (Å²) in [6, 6.07) is 8.72. The summed E-state index contributed by atoms with van der Waals surface area (Å²) in [7, 11) is 0. The van der Waals surface area contributed by atoms with Gasteiger partial charge in [-0.2, -0.15) is 0 Å². The second kappa shape index (κ2) is 8.03. The molecule has 4 rings (SSSR count). The summed E-state index contributed by atoms with van der Waals surface area (Å²) in [5.74, 6) is 2.63. The molecule has 0 bridgehead atoms. The van der Waals surface area contributed by atoms with E-state index in [0.717, 1.165) is 44.2 Å². The lowest BCUT2D eigenvalue weighted by molar-refractivity contribution is 0.187. The molecular weight excluding hydrogens is 338 g/mol. The maximum Gasteiger partial charge on any atom is 0.194 e. The Morgan fingerprint density at radius 1 is 1.37 bits per heavy atom. The highest BCUT2D eigenvalue weighted by atomic mass is 16.5. The first-order chi connectivity index (χ1) is 13.2. The fourth-order valence-corrected chi connectivity index (χ4v) is 4.06. The van der Waals surface area contributed by atoms with Crippen LogP contribution in [-0.4, -0.2) is 52.7 Å². The standard InChI is InChI=1S/C21H29N5O/c1-3-23-21(24-13-18-12-17-6-4-5-7-20(17)27-18)25-10-8-16(2)19(14-25)26-11-9-22-15-26/h4-7,9,11,15-16,18-19H,3,8,10,12-14H2,1-2H3,(H,23,24). The molecule has 27 heavy (non-hydrogen) atoms. The van der Waals surface area contributed by atoms with Crippen molar-refractivity contribution in [1.82, 2.24) is 19.8 Å². The van der Waals surface area contributed by atoms with Crippen LogP contribution in [-0.2, 0) is 6.42 Å². The molecule has 6 heteroatoms. The van der Waals surface area contributed by atoms with E-state index in [1.165, 1.54) is 5.56 Å². The molecule has 0 radical (unpaired) electrons. The summed E-state index contributed by atoms with van der Waals surface area (Å²) in [6.45, 7) is 7.98. The van der Waals surface area contributed by atoms with Crippen molar-refractivity contribution in [3.05, 3.63) is 48.5 Å². The number of benzene rings is 1. The molecule has 0 saturated carbocycles. The molecule has 0 amide bonds. The summed E-state index contributed by atoms with van der Waals surface area (Å²) in [5, 5.41) is 3.47. The minimum atomic E-state index is 0.129. The Balaban J connectivity index is 1.43. The van der Waals surface area contributed by atoms with Crippen LogP contribution in [0.25, 0.3) is 0 Å². The largest absolute Gasteiger partial charge is 0.488 e. The molecule has 1 saturated heterocycles. The first-order valence-electron chi connectivity index (χ1n) is 10.00. The molecule has 1 aromatic carbocycles. The number of para-hydroxylation sites is 1. The maximum absolute atomic E-state index is 6.05. The van der Waals surface area contributed by atoms with E-state index < -0.39 is 0 Å². The van der Waals surface area contributed by atoms with Crippen molar-refractivity contribution in [2.24, 2.45) is 10.9 Å². The molecule has 2 aromatic rings. The highest BCUT2D eigenvalue weighted by molar-refractivity contribution is 5.80. The van der Waals surface area contributed by atoms with Crippen LogP contribution in [0.1, 0.15) is 31.9 Å². The van der Waals surface area contributed by atoms with Crippen LogP contribution in [0.4, 0.5) is 0 Å². The summed E-state index contributed by atoms with van der Waals surface area (Å²) < 4.78 is 8.29. The molecule has 1 N–H and O–H groups in total. The summed E-state index contributed by atoms with van der Waals surface area (Å²) in [4.78, 5) is 11.5. The van der Waals surface area contributed by atoms with Crippen molar-refractivity contribution in [2.45, 2.75) is 38.8 Å². The second-order valence-corrected chi connectivity index (χ2v) is 7.54. The highest BCUT2D eigenvalue weighted by Gasteiger charge is 2.29. The van der Waals surface area contributed by atoms with Crippen molar-refractivity contribution in [1.29, 1.82) is 0 Å². The Kier molecular flexibility index (Phi) is 5.32. The van der Waals surface area contributed by atoms with Crippen LogP contribution in [0.2, 0.25) is 0 Å². The normalized spacial score (nSPS) is 25.2. The lowest BCUT2D eigenvalue weighted by Crippen LogP contribution is -2.49. The summed E-state index contributed by atoms with van der Waals surface area (Å²) in [5.41, 5.74) is 1.29. The summed E-state index contributed by atoms with van der Waals surface area (Å²) in [6.07, 6.45) is 8.08. The van der Waals surface area contributed by atoms with Crippen molar-refractivity contribution in [3.8, 4) is 5.75 Å². The Morgan fingerprint density at radius 3 is 3.04 bits per heavy atom. The average molecular weight is 367 g/mol. The maximum atomic E-state index is 6.05. The molecule has 3 atom stereocenters. The van der Waals surface area contributed by atoms with Crippen LogP contribution in [0, 0.1) is 5.92 Å². The van der Waals surface area contributed by atoms with Gasteiger partial charge in [-0.25, -0.2) is 9.98 Å². The van der Waals surface area contributed by atoms with Gasteiger partial charge < -0.3 is 19.5 Å². The fraction of sp³-hybridized carbons (Fsp3) is 0.524. The zero-order valence-electron chi connectivity index (χ0n) is 16.2. The number of piperidine rings is 1. The van der Waals surface area contributed by atoms with Crippen LogP contribution >= 0.6 is 0 Å². The van der Waals surface area contributed by atoms with Gasteiger partial charge in [0.05, 0.1) is 18.9 Å². The predicted octanol–water partition coefficient (Wildman–Crippen LogP) is 2.74. The SMILES string of the molecule is CCNC(=NCC1Cc2ccccc2O1)N1CCC(C)C(n2ccnc2)C1. The summed E-state index contributed by atoms with van der Waals surface area (Å²) >= 11 is 0.